The van der Waals surface area contributed by atoms with Crippen molar-refractivity contribution in [2.75, 3.05) is 26.4 Å². The summed E-state index contributed by atoms with van der Waals surface area (Å²) in [6.07, 6.45) is 1.76. The molecule has 0 aromatic heterocycles. The lowest BCUT2D eigenvalue weighted by atomic mass is 10.2. The van der Waals surface area contributed by atoms with Crippen LogP contribution in [0.5, 0.6) is 5.75 Å². The van der Waals surface area contributed by atoms with Crippen molar-refractivity contribution in [1.82, 2.24) is 4.31 Å². The Morgan fingerprint density at radius 1 is 1.37 bits per heavy atom. The SMILES string of the molecule is CCCCN(C)S(=O)(=O)c1cc(N)c(C)cc1OC. The molecule has 0 atom stereocenters. The number of nitrogens with two attached hydrogens (primary N) is 1. The van der Waals surface area contributed by atoms with Gasteiger partial charge in [-0.15, -0.1) is 0 Å². The van der Waals surface area contributed by atoms with Gasteiger partial charge in [-0.05, 0) is 31.0 Å². The molecule has 5 nitrogen and oxygen atoms in total. The molecule has 0 aliphatic heterocycles. The van der Waals surface area contributed by atoms with Crippen LogP contribution in [-0.2, 0) is 10.0 Å². The zero-order valence-electron chi connectivity index (χ0n) is 11.9. The highest BCUT2D eigenvalue weighted by Crippen LogP contribution is 2.30. The van der Waals surface area contributed by atoms with E-state index in [0.29, 0.717) is 18.0 Å². The standard InChI is InChI=1S/C13H22N2O3S/c1-5-6-7-15(3)19(16,17)13-9-11(14)10(2)8-12(13)18-4/h8-9H,5-7,14H2,1-4H3. The van der Waals surface area contributed by atoms with Gasteiger partial charge in [0.1, 0.15) is 10.6 Å². The number of nitrogen functional groups attached to an aromatic ring is 1. The van der Waals surface area contributed by atoms with Crippen LogP contribution in [0.2, 0.25) is 0 Å². The van der Waals surface area contributed by atoms with Crippen molar-refractivity contribution in [2.45, 2.75) is 31.6 Å². The molecule has 0 fully saturated rings. The van der Waals surface area contributed by atoms with Crippen LogP contribution < -0.4 is 10.5 Å². The lowest BCUT2D eigenvalue weighted by Crippen LogP contribution is -2.28. The van der Waals surface area contributed by atoms with Crippen molar-refractivity contribution in [3.05, 3.63) is 17.7 Å². The summed E-state index contributed by atoms with van der Waals surface area (Å²) in [4.78, 5) is 0.122. The zero-order valence-corrected chi connectivity index (χ0v) is 12.8. The summed E-state index contributed by atoms with van der Waals surface area (Å²) in [6, 6.07) is 3.11. The van der Waals surface area contributed by atoms with Gasteiger partial charge in [-0.3, -0.25) is 0 Å². The molecule has 0 spiro atoms. The molecule has 1 aromatic carbocycles. The highest BCUT2D eigenvalue weighted by molar-refractivity contribution is 7.89. The maximum absolute atomic E-state index is 12.5. The van der Waals surface area contributed by atoms with E-state index in [1.54, 1.807) is 13.1 Å². The van der Waals surface area contributed by atoms with Gasteiger partial charge >= 0.3 is 0 Å². The summed E-state index contributed by atoms with van der Waals surface area (Å²) in [7, 11) is -0.541. The third-order valence-electron chi connectivity index (χ3n) is 3.07. The van der Waals surface area contributed by atoms with Crippen molar-refractivity contribution >= 4 is 15.7 Å². The molecular formula is C13H22N2O3S. The number of benzene rings is 1. The minimum absolute atomic E-state index is 0.122. The van der Waals surface area contributed by atoms with Gasteiger partial charge in [0.25, 0.3) is 0 Å². The number of hydrogen-bond acceptors (Lipinski definition) is 4. The van der Waals surface area contributed by atoms with Gasteiger partial charge in [0.15, 0.2) is 0 Å². The Balaban J connectivity index is 3.24. The molecule has 1 aromatic rings. The summed E-state index contributed by atoms with van der Waals surface area (Å²) in [5.41, 5.74) is 7.05. The van der Waals surface area contributed by atoms with E-state index in [2.05, 4.69) is 0 Å². The second kappa shape index (κ2) is 6.25. The number of aryl methyl sites for hydroxylation is 1. The monoisotopic (exact) mass is 286 g/mol. The van der Waals surface area contributed by atoms with E-state index < -0.39 is 10.0 Å². The summed E-state index contributed by atoms with van der Waals surface area (Å²) in [5.74, 6) is 0.329. The Morgan fingerprint density at radius 3 is 2.53 bits per heavy atom. The first kappa shape index (κ1) is 15.8. The quantitative estimate of drug-likeness (QED) is 0.812. The first-order valence-electron chi connectivity index (χ1n) is 6.25. The molecule has 19 heavy (non-hydrogen) atoms. The number of sulfonamides is 1. The van der Waals surface area contributed by atoms with Crippen LogP contribution in [0, 0.1) is 6.92 Å². The predicted octanol–water partition coefficient (Wildman–Crippen LogP) is 2.01. The number of methoxy groups -OCH3 is 1. The van der Waals surface area contributed by atoms with Crippen LogP contribution >= 0.6 is 0 Å². The molecule has 2 N–H and O–H groups in total. The molecule has 0 saturated carbocycles. The van der Waals surface area contributed by atoms with Gasteiger partial charge in [-0.2, -0.15) is 0 Å². The van der Waals surface area contributed by atoms with Crippen LogP contribution in [0.3, 0.4) is 0 Å². The number of unbranched alkanes of at least 4 members (excludes halogenated alkanes) is 1. The Labute approximate surface area is 115 Å². The van der Waals surface area contributed by atoms with E-state index in [-0.39, 0.29) is 4.90 Å². The maximum atomic E-state index is 12.5. The number of rotatable bonds is 6. The van der Waals surface area contributed by atoms with Crippen molar-refractivity contribution < 1.29 is 13.2 Å². The largest absolute Gasteiger partial charge is 0.495 e. The van der Waals surface area contributed by atoms with Crippen molar-refractivity contribution in [3.63, 3.8) is 0 Å². The molecule has 0 aliphatic rings. The van der Waals surface area contributed by atoms with Gasteiger partial charge in [0, 0.05) is 19.3 Å². The van der Waals surface area contributed by atoms with Crippen molar-refractivity contribution in [1.29, 1.82) is 0 Å². The number of nitrogens with zero attached hydrogens (tertiary/aromatic N) is 1. The fourth-order valence-electron chi connectivity index (χ4n) is 1.71. The van der Waals surface area contributed by atoms with Crippen LogP contribution in [0.15, 0.2) is 17.0 Å². The molecule has 0 saturated heterocycles. The van der Waals surface area contributed by atoms with Gasteiger partial charge in [-0.25, -0.2) is 12.7 Å². The molecule has 6 heteroatoms. The van der Waals surface area contributed by atoms with Crippen LogP contribution in [0.4, 0.5) is 5.69 Å². The smallest absolute Gasteiger partial charge is 0.246 e. The molecule has 0 unspecified atom stereocenters. The van der Waals surface area contributed by atoms with Crippen molar-refractivity contribution in [3.8, 4) is 5.75 Å². The molecule has 108 valence electrons. The van der Waals surface area contributed by atoms with Gasteiger partial charge in [-0.1, -0.05) is 13.3 Å². The Bertz CT molecular complexity index is 541. The fraction of sp³-hybridized carbons (Fsp3) is 0.538. The highest BCUT2D eigenvalue weighted by Gasteiger charge is 2.25. The van der Waals surface area contributed by atoms with Gasteiger partial charge < -0.3 is 10.5 Å². The normalized spacial score (nSPS) is 11.8. The Hall–Kier alpha value is -1.27. The maximum Gasteiger partial charge on any atom is 0.246 e. The van der Waals surface area contributed by atoms with Crippen LogP contribution in [-0.4, -0.2) is 33.4 Å². The number of anilines is 1. The topological polar surface area (TPSA) is 72.6 Å². The summed E-state index contributed by atoms with van der Waals surface area (Å²) in [6.45, 7) is 4.32. The Kier molecular flexibility index (Phi) is 5.20. The molecule has 0 heterocycles. The third-order valence-corrected chi connectivity index (χ3v) is 4.95. The zero-order chi connectivity index (χ0) is 14.6. The average Bonchev–Trinajstić information content (AvgIpc) is 2.38. The van der Waals surface area contributed by atoms with Crippen molar-refractivity contribution in [2.24, 2.45) is 0 Å². The van der Waals surface area contributed by atoms with Gasteiger partial charge in [0.05, 0.1) is 7.11 Å². The van der Waals surface area contributed by atoms with E-state index in [4.69, 9.17) is 10.5 Å². The van der Waals surface area contributed by atoms with E-state index in [9.17, 15) is 8.42 Å². The number of ether oxygens (including phenoxy) is 1. The molecule has 0 aliphatic carbocycles. The summed E-state index contributed by atoms with van der Waals surface area (Å²) < 4.78 is 31.4. The minimum Gasteiger partial charge on any atom is -0.495 e. The van der Waals surface area contributed by atoms with Crippen LogP contribution in [0.25, 0.3) is 0 Å². The first-order valence-corrected chi connectivity index (χ1v) is 7.69. The summed E-state index contributed by atoms with van der Waals surface area (Å²) >= 11 is 0. The lowest BCUT2D eigenvalue weighted by molar-refractivity contribution is 0.397. The molecular weight excluding hydrogens is 264 g/mol. The molecule has 0 radical (unpaired) electrons. The lowest BCUT2D eigenvalue weighted by Gasteiger charge is -2.19. The second-order valence-corrected chi connectivity index (χ2v) is 6.55. The minimum atomic E-state index is -3.56. The highest BCUT2D eigenvalue weighted by atomic mass is 32.2. The van der Waals surface area contributed by atoms with E-state index in [1.807, 2.05) is 13.8 Å². The second-order valence-electron chi connectivity index (χ2n) is 4.54. The predicted molar refractivity (Wildman–Crippen MR) is 76.9 cm³/mol. The van der Waals surface area contributed by atoms with Gasteiger partial charge in [0.2, 0.25) is 10.0 Å². The first-order chi connectivity index (χ1) is 8.84. The summed E-state index contributed by atoms with van der Waals surface area (Å²) in [5, 5.41) is 0. The van der Waals surface area contributed by atoms with E-state index in [1.165, 1.54) is 17.5 Å². The molecule has 1 rings (SSSR count). The number of hydrogen-bond donors (Lipinski definition) is 1. The van der Waals surface area contributed by atoms with Crippen LogP contribution in [0.1, 0.15) is 25.3 Å². The molecule has 0 amide bonds. The average molecular weight is 286 g/mol. The van der Waals surface area contributed by atoms with E-state index in [0.717, 1.165) is 18.4 Å². The third kappa shape index (κ3) is 3.39. The molecule has 0 bridgehead atoms. The fourth-order valence-corrected chi connectivity index (χ4v) is 3.08. The van der Waals surface area contributed by atoms with E-state index >= 15 is 0 Å². The Morgan fingerprint density at radius 2 is 2.00 bits per heavy atom.